The van der Waals surface area contributed by atoms with Gasteiger partial charge in [-0.25, -0.2) is 4.39 Å². The lowest BCUT2D eigenvalue weighted by molar-refractivity contribution is 0.221. The van der Waals surface area contributed by atoms with E-state index in [-0.39, 0.29) is 11.9 Å². The fourth-order valence-electron chi connectivity index (χ4n) is 3.18. The van der Waals surface area contributed by atoms with Gasteiger partial charge in [-0.05, 0) is 42.6 Å². The molecule has 0 spiro atoms. The number of methoxy groups -OCH3 is 1. The largest absolute Gasteiger partial charge is 0.480 e. The highest BCUT2D eigenvalue weighted by Crippen LogP contribution is 2.37. The number of hydrogen-bond donors (Lipinski definition) is 0. The van der Waals surface area contributed by atoms with Crippen molar-refractivity contribution in [2.45, 2.75) is 25.9 Å². The van der Waals surface area contributed by atoms with Crippen LogP contribution in [0, 0.1) is 11.7 Å². The lowest BCUT2D eigenvalue weighted by Gasteiger charge is -2.27. The van der Waals surface area contributed by atoms with E-state index in [0.717, 1.165) is 24.2 Å². The Morgan fingerprint density at radius 3 is 2.82 bits per heavy atom. The Kier molecular flexibility index (Phi) is 4.34. The summed E-state index contributed by atoms with van der Waals surface area (Å²) in [5.41, 5.74) is 1.93. The minimum absolute atomic E-state index is 0.180. The summed E-state index contributed by atoms with van der Waals surface area (Å²) in [4.78, 5) is 2.34. The lowest BCUT2D eigenvalue weighted by atomic mass is 9.95. The number of aromatic nitrogens is 2. The van der Waals surface area contributed by atoms with E-state index in [1.165, 1.54) is 6.07 Å². The molecule has 1 aliphatic rings. The zero-order valence-electron chi connectivity index (χ0n) is 12.9. The summed E-state index contributed by atoms with van der Waals surface area (Å²) in [6, 6.07) is 10.9. The molecule has 0 saturated carbocycles. The van der Waals surface area contributed by atoms with Crippen molar-refractivity contribution in [1.29, 1.82) is 0 Å². The van der Waals surface area contributed by atoms with Crippen LogP contribution in [0.4, 0.5) is 4.39 Å². The second-order valence-corrected chi connectivity index (χ2v) is 5.80. The van der Waals surface area contributed by atoms with Gasteiger partial charge in [-0.3, -0.25) is 4.90 Å². The number of hydrogen-bond acceptors (Lipinski definition) is 4. The van der Waals surface area contributed by atoms with E-state index >= 15 is 0 Å². The fourth-order valence-corrected chi connectivity index (χ4v) is 3.18. The Bertz CT molecular complexity index is 632. The van der Waals surface area contributed by atoms with Gasteiger partial charge in [-0.2, -0.15) is 5.10 Å². The van der Waals surface area contributed by atoms with Crippen molar-refractivity contribution in [1.82, 2.24) is 15.1 Å². The summed E-state index contributed by atoms with van der Waals surface area (Å²) in [7, 11) is 1.58. The van der Waals surface area contributed by atoms with Crippen LogP contribution in [0.1, 0.15) is 30.6 Å². The fraction of sp³-hybridized carbons (Fsp3) is 0.412. The number of benzene rings is 1. The number of halogens is 1. The summed E-state index contributed by atoms with van der Waals surface area (Å²) in [6.45, 7) is 3.91. The maximum absolute atomic E-state index is 13.5. The third-order valence-corrected chi connectivity index (χ3v) is 4.26. The van der Waals surface area contributed by atoms with Crippen LogP contribution in [0.3, 0.4) is 0 Å². The van der Waals surface area contributed by atoms with Crippen LogP contribution in [-0.2, 0) is 6.54 Å². The molecule has 5 heteroatoms. The average Bonchev–Trinajstić information content (AvgIpc) is 2.89. The van der Waals surface area contributed by atoms with Gasteiger partial charge in [0.05, 0.1) is 12.8 Å². The van der Waals surface area contributed by atoms with Crippen molar-refractivity contribution >= 4 is 0 Å². The Morgan fingerprint density at radius 2 is 2.14 bits per heavy atom. The van der Waals surface area contributed by atoms with Crippen LogP contribution in [0.5, 0.6) is 5.88 Å². The third kappa shape index (κ3) is 3.09. The molecule has 0 aliphatic carbocycles. The Labute approximate surface area is 129 Å². The molecule has 22 heavy (non-hydrogen) atoms. The topological polar surface area (TPSA) is 38.2 Å². The highest BCUT2D eigenvalue weighted by Gasteiger charge is 2.32. The van der Waals surface area contributed by atoms with Crippen LogP contribution >= 0.6 is 0 Å². The van der Waals surface area contributed by atoms with Crippen molar-refractivity contribution < 1.29 is 9.13 Å². The smallest absolute Gasteiger partial charge is 0.233 e. The number of rotatable bonds is 4. The van der Waals surface area contributed by atoms with Crippen molar-refractivity contribution in [3.63, 3.8) is 0 Å². The molecule has 1 aromatic carbocycles. The van der Waals surface area contributed by atoms with Crippen molar-refractivity contribution in [3.05, 3.63) is 53.5 Å². The summed E-state index contributed by atoms with van der Waals surface area (Å²) in [6.07, 6.45) is 1.10. The SMILES string of the molecule is COc1ccc(CN2CC[C@@H](C)[C@@H]2c2cccc(F)c2)nn1. The molecule has 1 saturated heterocycles. The first-order valence-corrected chi connectivity index (χ1v) is 7.53. The van der Waals surface area contributed by atoms with Crippen molar-refractivity contribution in [2.75, 3.05) is 13.7 Å². The van der Waals surface area contributed by atoms with Gasteiger partial charge < -0.3 is 4.74 Å². The average molecular weight is 301 g/mol. The normalized spacial score (nSPS) is 22.0. The predicted molar refractivity (Wildman–Crippen MR) is 81.9 cm³/mol. The second kappa shape index (κ2) is 6.40. The molecular weight excluding hydrogens is 281 g/mol. The molecule has 1 aliphatic heterocycles. The first kappa shape index (κ1) is 14.9. The molecule has 0 radical (unpaired) electrons. The maximum atomic E-state index is 13.5. The molecule has 3 rings (SSSR count). The van der Waals surface area contributed by atoms with Gasteiger partial charge in [0.15, 0.2) is 0 Å². The zero-order valence-corrected chi connectivity index (χ0v) is 12.9. The molecule has 2 atom stereocenters. The highest BCUT2D eigenvalue weighted by molar-refractivity contribution is 5.22. The second-order valence-electron chi connectivity index (χ2n) is 5.80. The molecule has 2 aromatic rings. The molecular formula is C17H20FN3O. The van der Waals surface area contributed by atoms with Crippen molar-refractivity contribution in [3.8, 4) is 5.88 Å². The van der Waals surface area contributed by atoms with E-state index in [1.807, 2.05) is 18.2 Å². The molecule has 0 amide bonds. The molecule has 1 aromatic heterocycles. The van der Waals surface area contributed by atoms with Gasteiger partial charge in [0.2, 0.25) is 5.88 Å². The van der Waals surface area contributed by atoms with Crippen LogP contribution < -0.4 is 4.74 Å². The molecule has 116 valence electrons. The van der Waals surface area contributed by atoms with E-state index in [2.05, 4.69) is 22.0 Å². The first-order valence-electron chi connectivity index (χ1n) is 7.53. The van der Waals surface area contributed by atoms with Crippen molar-refractivity contribution in [2.24, 2.45) is 5.92 Å². The summed E-state index contributed by atoms with van der Waals surface area (Å²) >= 11 is 0. The molecule has 0 N–H and O–H groups in total. The zero-order chi connectivity index (χ0) is 15.5. The number of nitrogens with zero attached hydrogens (tertiary/aromatic N) is 3. The van der Waals surface area contributed by atoms with Gasteiger partial charge in [-0.15, -0.1) is 5.10 Å². The minimum Gasteiger partial charge on any atom is -0.480 e. The Morgan fingerprint density at radius 1 is 1.27 bits per heavy atom. The number of ether oxygens (including phenoxy) is 1. The Balaban J connectivity index is 1.79. The van der Waals surface area contributed by atoms with Crippen LogP contribution in [0.2, 0.25) is 0 Å². The van der Waals surface area contributed by atoms with E-state index in [9.17, 15) is 4.39 Å². The van der Waals surface area contributed by atoms with Gasteiger partial charge in [0.1, 0.15) is 5.82 Å². The predicted octanol–water partition coefficient (Wildman–Crippen LogP) is 3.21. The highest BCUT2D eigenvalue weighted by atomic mass is 19.1. The molecule has 4 nitrogen and oxygen atoms in total. The van der Waals surface area contributed by atoms with Gasteiger partial charge >= 0.3 is 0 Å². The summed E-state index contributed by atoms with van der Waals surface area (Å²) in [5.74, 6) is 0.828. The van der Waals surface area contributed by atoms with Crippen LogP contribution in [0.15, 0.2) is 36.4 Å². The molecule has 0 unspecified atom stereocenters. The summed E-state index contributed by atoms with van der Waals surface area (Å²) < 4.78 is 18.6. The molecule has 0 bridgehead atoms. The minimum atomic E-state index is -0.180. The lowest BCUT2D eigenvalue weighted by Crippen LogP contribution is -2.25. The standard InChI is InChI=1S/C17H20FN3O/c1-12-8-9-21(11-15-6-7-16(22-2)20-19-15)17(12)13-4-3-5-14(18)10-13/h3-7,10,12,17H,8-9,11H2,1-2H3/t12-,17-/m1/s1. The van der Waals surface area contributed by atoms with E-state index in [1.54, 1.807) is 19.2 Å². The quantitative estimate of drug-likeness (QED) is 0.869. The molecule has 1 fully saturated rings. The maximum Gasteiger partial charge on any atom is 0.233 e. The first-order chi connectivity index (χ1) is 10.7. The van der Waals surface area contributed by atoms with E-state index < -0.39 is 0 Å². The molecule has 2 heterocycles. The van der Waals surface area contributed by atoms with Gasteiger partial charge in [-0.1, -0.05) is 19.1 Å². The monoisotopic (exact) mass is 301 g/mol. The van der Waals surface area contributed by atoms with E-state index in [0.29, 0.717) is 18.3 Å². The van der Waals surface area contributed by atoms with Gasteiger partial charge in [0.25, 0.3) is 0 Å². The van der Waals surface area contributed by atoms with Crippen LogP contribution in [0.25, 0.3) is 0 Å². The Hall–Kier alpha value is -2.01. The summed E-state index contributed by atoms with van der Waals surface area (Å²) in [5, 5.41) is 8.20. The van der Waals surface area contributed by atoms with E-state index in [4.69, 9.17) is 4.74 Å². The van der Waals surface area contributed by atoms with Crippen LogP contribution in [-0.4, -0.2) is 28.8 Å². The number of likely N-dealkylation sites (tertiary alicyclic amines) is 1. The third-order valence-electron chi connectivity index (χ3n) is 4.26. The van der Waals surface area contributed by atoms with Gasteiger partial charge in [0, 0.05) is 18.7 Å².